The molecule has 0 unspecified atom stereocenters. The van der Waals surface area contributed by atoms with Gasteiger partial charge < -0.3 is 0 Å². The summed E-state index contributed by atoms with van der Waals surface area (Å²) in [5, 5.41) is 1.66. The molecule has 1 saturated heterocycles. The van der Waals surface area contributed by atoms with Crippen molar-refractivity contribution in [1.29, 1.82) is 0 Å². The van der Waals surface area contributed by atoms with Crippen LogP contribution in [0.2, 0.25) is 0 Å². The van der Waals surface area contributed by atoms with Gasteiger partial charge >= 0.3 is 0 Å². The second-order valence-electron chi connectivity index (χ2n) is 2.98. The number of hydroxylamine groups is 2. The molecule has 0 bridgehead atoms. The number of rotatable bonds is 4. The number of hydrogen-bond acceptors (Lipinski definition) is 5. The fraction of sp³-hybridized carbons (Fsp3) is 0.625. The summed E-state index contributed by atoms with van der Waals surface area (Å²) in [6, 6.07) is 0. The zero-order valence-electron chi connectivity index (χ0n) is 8.76. The molecule has 0 aromatic rings. The van der Waals surface area contributed by atoms with E-state index >= 15 is 0 Å². The minimum atomic E-state index is -2.43. The molecule has 1 fully saturated rings. The van der Waals surface area contributed by atoms with Crippen molar-refractivity contribution in [2.75, 3.05) is 25.7 Å². The zero-order valence-corrected chi connectivity index (χ0v) is 11.3. The van der Waals surface area contributed by atoms with Crippen LogP contribution in [0.1, 0.15) is 6.42 Å². The minimum Gasteiger partial charge on any atom is -0.296 e. The van der Waals surface area contributed by atoms with E-state index < -0.39 is 5.55 Å². The fourth-order valence-electron chi connectivity index (χ4n) is 1.02. The first kappa shape index (κ1) is 13.2. The highest BCUT2D eigenvalue weighted by atomic mass is 33.1. The van der Waals surface area contributed by atoms with Crippen LogP contribution in [-0.4, -0.2) is 36.6 Å². The van der Waals surface area contributed by atoms with E-state index in [4.69, 9.17) is 4.84 Å². The van der Waals surface area contributed by atoms with Crippen molar-refractivity contribution in [3.8, 4) is 0 Å². The first-order chi connectivity index (χ1) is 6.99. The van der Waals surface area contributed by atoms with Crippen molar-refractivity contribution in [1.82, 2.24) is 5.06 Å². The smallest absolute Gasteiger partial charge is 0.250 e. The van der Waals surface area contributed by atoms with Crippen molar-refractivity contribution in [2.24, 2.45) is 0 Å². The summed E-state index contributed by atoms with van der Waals surface area (Å²) >= 11 is 2.84. The van der Waals surface area contributed by atoms with E-state index in [1.165, 1.54) is 36.9 Å². The predicted octanol–water partition coefficient (Wildman–Crippen LogP) is 2.58. The summed E-state index contributed by atoms with van der Waals surface area (Å²) in [6.45, 7) is 3.76. The molecule has 1 aliphatic heterocycles. The Balaban J connectivity index is 2.55. The molecule has 0 spiro atoms. The molecule has 86 valence electrons. The molecule has 1 amide bonds. The van der Waals surface area contributed by atoms with Gasteiger partial charge in [0.1, 0.15) is 0 Å². The predicted molar refractivity (Wildman–Crippen MR) is 66.1 cm³/mol. The summed E-state index contributed by atoms with van der Waals surface area (Å²) in [7, 11) is 2.95. The Kier molecular flexibility index (Phi) is 4.77. The largest absolute Gasteiger partial charge is 0.296 e. The SMILES string of the molecule is C=C(CC(=O)N(C)OC)P1(=O)SCCS1. The molecule has 0 aliphatic carbocycles. The normalized spacial score (nSPS) is 18.8. The lowest BCUT2D eigenvalue weighted by atomic mass is 10.4. The van der Waals surface area contributed by atoms with Crippen molar-refractivity contribution >= 4 is 34.2 Å². The van der Waals surface area contributed by atoms with Crippen LogP contribution in [0.3, 0.4) is 0 Å². The van der Waals surface area contributed by atoms with Crippen molar-refractivity contribution in [3.63, 3.8) is 0 Å². The minimum absolute atomic E-state index is 0.0988. The molecule has 15 heavy (non-hydrogen) atoms. The number of hydrogen-bond donors (Lipinski definition) is 0. The molecule has 0 aromatic carbocycles. The Labute approximate surface area is 97.6 Å². The standard InChI is InChI=1S/C8H14NO3PS2/c1-7(6-8(10)9(2)12-3)13(11)14-4-5-15-13/h1,4-6H2,2-3H3. The lowest BCUT2D eigenvalue weighted by Crippen LogP contribution is -2.25. The van der Waals surface area contributed by atoms with Gasteiger partial charge in [-0.05, 0) is 0 Å². The molecule has 0 aromatic heterocycles. The Morgan fingerprint density at radius 3 is 2.53 bits per heavy atom. The first-order valence-electron chi connectivity index (χ1n) is 4.38. The molecule has 1 heterocycles. The van der Waals surface area contributed by atoms with Gasteiger partial charge in [-0.1, -0.05) is 29.3 Å². The first-order valence-corrected chi connectivity index (χ1v) is 9.26. The number of amides is 1. The van der Waals surface area contributed by atoms with Crippen LogP contribution < -0.4 is 0 Å². The number of nitrogens with zero attached hydrogens (tertiary/aromatic N) is 1. The van der Waals surface area contributed by atoms with Gasteiger partial charge in [0.25, 0.3) is 0 Å². The Morgan fingerprint density at radius 2 is 2.07 bits per heavy atom. The summed E-state index contributed by atoms with van der Waals surface area (Å²) in [5.74, 6) is 1.52. The molecule has 1 aliphatic rings. The number of carbonyl (C=O) groups excluding carboxylic acids is 1. The lowest BCUT2D eigenvalue weighted by molar-refractivity contribution is -0.167. The van der Waals surface area contributed by atoms with Crippen LogP contribution in [0, 0.1) is 0 Å². The van der Waals surface area contributed by atoms with E-state index in [-0.39, 0.29) is 12.3 Å². The van der Waals surface area contributed by atoms with Gasteiger partial charge in [-0.25, -0.2) is 5.06 Å². The molecular formula is C8H14NO3PS2. The third-order valence-corrected chi connectivity index (χ3v) is 11.2. The van der Waals surface area contributed by atoms with Gasteiger partial charge in [-0.2, -0.15) is 0 Å². The van der Waals surface area contributed by atoms with E-state index in [0.29, 0.717) is 5.31 Å². The summed E-state index contributed by atoms with van der Waals surface area (Å²) < 4.78 is 12.2. The Morgan fingerprint density at radius 1 is 1.53 bits per heavy atom. The topological polar surface area (TPSA) is 46.6 Å². The second-order valence-corrected chi connectivity index (χ2v) is 11.3. The average molecular weight is 267 g/mol. The molecule has 0 radical (unpaired) electrons. The Hall–Kier alpha value is 0.1000. The van der Waals surface area contributed by atoms with Crippen molar-refractivity contribution in [2.45, 2.75) is 6.42 Å². The van der Waals surface area contributed by atoms with Gasteiger partial charge in [0, 0.05) is 23.9 Å². The summed E-state index contributed by atoms with van der Waals surface area (Å²) in [4.78, 5) is 16.2. The molecule has 0 N–H and O–H groups in total. The van der Waals surface area contributed by atoms with Gasteiger partial charge in [0.15, 0.2) is 0 Å². The highest BCUT2D eigenvalue weighted by molar-refractivity contribution is 8.93. The van der Waals surface area contributed by atoms with Crippen LogP contribution in [0.5, 0.6) is 0 Å². The second kappa shape index (κ2) is 5.43. The fourth-order valence-corrected chi connectivity index (χ4v) is 9.37. The van der Waals surface area contributed by atoms with E-state index in [1.54, 1.807) is 0 Å². The van der Waals surface area contributed by atoms with Crippen LogP contribution in [0.15, 0.2) is 11.9 Å². The average Bonchev–Trinajstić information content (AvgIpc) is 2.65. The number of carbonyl (C=O) groups is 1. The lowest BCUT2D eigenvalue weighted by Gasteiger charge is -2.16. The molecule has 1 rings (SSSR count). The van der Waals surface area contributed by atoms with E-state index in [2.05, 4.69) is 6.58 Å². The van der Waals surface area contributed by atoms with E-state index in [1.807, 2.05) is 0 Å². The Bertz CT molecular complexity index is 311. The van der Waals surface area contributed by atoms with Crippen LogP contribution in [0.25, 0.3) is 0 Å². The molecule has 4 nitrogen and oxygen atoms in total. The van der Waals surface area contributed by atoms with E-state index in [0.717, 1.165) is 16.6 Å². The maximum Gasteiger partial charge on any atom is 0.250 e. The molecular weight excluding hydrogens is 253 g/mol. The van der Waals surface area contributed by atoms with Crippen LogP contribution >= 0.6 is 28.3 Å². The zero-order chi connectivity index (χ0) is 11.5. The summed E-state index contributed by atoms with van der Waals surface area (Å²) in [6.07, 6.45) is 0.0988. The van der Waals surface area contributed by atoms with Gasteiger partial charge in [0.2, 0.25) is 11.5 Å². The van der Waals surface area contributed by atoms with Crippen LogP contribution in [-0.2, 0) is 14.2 Å². The molecule has 0 saturated carbocycles. The van der Waals surface area contributed by atoms with Gasteiger partial charge in [-0.3, -0.25) is 14.2 Å². The maximum atomic E-state index is 12.2. The maximum absolute atomic E-state index is 12.2. The highest BCUT2D eigenvalue weighted by Crippen LogP contribution is 2.78. The van der Waals surface area contributed by atoms with Gasteiger partial charge in [-0.15, -0.1) is 0 Å². The van der Waals surface area contributed by atoms with Crippen LogP contribution in [0.4, 0.5) is 0 Å². The monoisotopic (exact) mass is 267 g/mol. The van der Waals surface area contributed by atoms with Crippen molar-refractivity contribution < 1.29 is 14.2 Å². The molecule has 0 atom stereocenters. The molecule has 7 heteroatoms. The highest BCUT2D eigenvalue weighted by Gasteiger charge is 2.33. The third kappa shape index (κ3) is 3.28. The van der Waals surface area contributed by atoms with Crippen molar-refractivity contribution in [3.05, 3.63) is 11.9 Å². The van der Waals surface area contributed by atoms with E-state index in [9.17, 15) is 9.36 Å². The van der Waals surface area contributed by atoms with Gasteiger partial charge in [0.05, 0.1) is 13.5 Å². The quantitative estimate of drug-likeness (QED) is 0.578. The third-order valence-electron chi connectivity index (χ3n) is 1.97. The summed E-state index contributed by atoms with van der Waals surface area (Å²) in [5.41, 5.74) is -2.43.